The maximum Gasteiger partial charge on any atom is 0.0746 e. The zero-order valence-corrected chi connectivity index (χ0v) is 13.6. The van der Waals surface area contributed by atoms with E-state index in [1.54, 1.807) is 0 Å². The minimum atomic E-state index is -0.0502. The van der Waals surface area contributed by atoms with Crippen LogP contribution in [0.2, 0.25) is 5.31 Å². The summed E-state index contributed by atoms with van der Waals surface area (Å²) in [5, 5.41) is -0.0502. The van der Waals surface area contributed by atoms with Crippen molar-refractivity contribution in [2.45, 2.75) is 104 Å². The molecule has 0 aromatic heterocycles. The highest BCUT2D eigenvalue weighted by atomic mass is 14.4. The van der Waals surface area contributed by atoms with E-state index in [9.17, 15) is 0 Å². The summed E-state index contributed by atoms with van der Waals surface area (Å²) in [5.74, 6) is 0. The van der Waals surface area contributed by atoms with Gasteiger partial charge in [-0.25, -0.2) is 0 Å². The molecule has 0 N–H and O–H groups in total. The summed E-state index contributed by atoms with van der Waals surface area (Å²) in [6.45, 7) is 11.4. The Morgan fingerprint density at radius 2 is 1.06 bits per heavy atom. The summed E-state index contributed by atoms with van der Waals surface area (Å²) in [6, 6.07) is 0. The molecule has 0 aliphatic heterocycles. The summed E-state index contributed by atoms with van der Waals surface area (Å²) in [4.78, 5) is 0. The number of rotatable bonds is 11. The highest BCUT2D eigenvalue weighted by molar-refractivity contribution is 6.15. The maximum absolute atomic E-state index is 6.44. The van der Waals surface area contributed by atoms with Gasteiger partial charge in [-0.2, -0.15) is 0 Å². The zero-order chi connectivity index (χ0) is 14.1. The largest absolute Gasteiger partial charge is 0.0746 e. The SMILES string of the molecule is [B]C(C)(C)C(C)(CCCCCC)CCCCCC. The number of hydrogen-bond acceptors (Lipinski definition) is 0. The fourth-order valence-electron chi connectivity index (χ4n) is 2.65. The van der Waals surface area contributed by atoms with Crippen LogP contribution in [0.25, 0.3) is 0 Å². The van der Waals surface area contributed by atoms with Crippen molar-refractivity contribution < 1.29 is 0 Å². The van der Waals surface area contributed by atoms with E-state index in [0.29, 0.717) is 5.41 Å². The van der Waals surface area contributed by atoms with E-state index in [2.05, 4.69) is 34.6 Å². The van der Waals surface area contributed by atoms with Crippen LogP contribution >= 0.6 is 0 Å². The van der Waals surface area contributed by atoms with Crippen LogP contribution in [0.5, 0.6) is 0 Å². The van der Waals surface area contributed by atoms with Crippen LogP contribution in [0.4, 0.5) is 0 Å². The van der Waals surface area contributed by atoms with Crippen LogP contribution in [-0.2, 0) is 0 Å². The minimum absolute atomic E-state index is 0.0502. The van der Waals surface area contributed by atoms with Gasteiger partial charge in [0.2, 0.25) is 0 Å². The third-order valence-electron chi connectivity index (χ3n) is 4.72. The molecule has 0 rings (SSSR count). The van der Waals surface area contributed by atoms with Crippen molar-refractivity contribution in [2.75, 3.05) is 0 Å². The van der Waals surface area contributed by atoms with Crippen molar-refractivity contribution in [3.05, 3.63) is 0 Å². The molecule has 0 aliphatic carbocycles. The Balaban J connectivity index is 4.17. The van der Waals surface area contributed by atoms with E-state index in [0.717, 1.165) is 0 Å². The van der Waals surface area contributed by atoms with Gasteiger partial charge in [0.15, 0.2) is 0 Å². The summed E-state index contributed by atoms with van der Waals surface area (Å²) in [6.07, 6.45) is 13.4. The predicted octanol–water partition coefficient (Wildman–Crippen LogP) is 6.30. The first-order chi connectivity index (χ1) is 8.37. The molecule has 0 saturated heterocycles. The fraction of sp³-hybridized carbons (Fsp3) is 1.00. The third kappa shape index (κ3) is 6.85. The lowest BCUT2D eigenvalue weighted by Gasteiger charge is -2.43. The van der Waals surface area contributed by atoms with Crippen LogP contribution in [-0.4, -0.2) is 7.85 Å². The lowest BCUT2D eigenvalue weighted by atomic mass is 9.52. The summed E-state index contributed by atoms with van der Waals surface area (Å²) >= 11 is 0. The minimum Gasteiger partial charge on any atom is -0.0674 e. The Kier molecular flexibility index (Phi) is 9.08. The Hall–Kier alpha value is 0.0649. The van der Waals surface area contributed by atoms with Crippen LogP contribution < -0.4 is 0 Å². The fourth-order valence-corrected chi connectivity index (χ4v) is 2.65. The molecule has 0 atom stereocenters. The monoisotopic (exact) mass is 250 g/mol. The lowest BCUT2D eigenvalue weighted by Crippen LogP contribution is -2.30. The van der Waals surface area contributed by atoms with Crippen molar-refractivity contribution >= 4 is 7.85 Å². The van der Waals surface area contributed by atoms with Crippen molar-refractivity contribution in [1.29, 1.82) is 0 Å². The Morgan fingerprint density at radius 1 is 0.667 bits per heavy atom. The second-order valence-electron chi connectivity index (χ2n) is 6.90. The molecule has 0 nitrogen and oxygen atoms in total. The van der Waals surface area contributed by atoms with Gasteiger partial charge in [-0.05, 0) is 18.3 Å². The van der Waals surface area contributed by atoms with E-state index in [1.165, 1.54) is 64.2 Å². The van der Waals surface area contributed by atoms with Crippen molar-refractivity contribution in [2.24, 2.45) is 5.41 Å². The quantitative estimate of drug-likeness (QED) is 0.298. The van der Waals surface area contributed by atoms with Gasteiger partial charge in [0.25, 0.3) is 0 Å². The zero-order valence-electron chi connectivity index (χ0n) is 13.6. The Bertz CT molecular complexity index is 178. The number of unbranched alkanes of at least 4 members (excludes halogenated alkanes) is 6. The average Bonchev–Trinajstić information content (AvgIpc) is 2.29. The van der Waals surface area contributed by atoms with Gasteiger partial charge < -0.3 is 0 Å². The van der Waals surface area contributed by atoms with Crippen LogP contribution in [0.3, 0.4) is 0 Å². The molecule has 0 saturated carbocycles. The summed E-state index contributed by atoms with van der Waals surface area (Å²) in [7, 11) is 6.44. The van der Waals surface area contributed by atoms with E-state index >= 15 is 0 Å². The molecule has 0 aromatic rings. The van der Waals surface area contributed by atoms with Gasteiger partial charge >= 0.3 is 0 Å². The molecule has 0 aliphatic rings. The molecule has 0 aromatic carbocycles. The first kappa shape index (κ1) is 18.1. The van der Waals surface area contributed by atoms with Crippen LogP contribution in [0.15, 0.2) is 0 Å². The molecule has 0 amide bonds. The van der Waals surface area contributed by atoms with E-state index < -0.39 is 0 Å². The molecule has 0 fully saturated rings. The van der Waals surface area contributed by atoms with Gasteiger partial charge in [-0.15, -0.1) is 0 Å². The highest BCUT2D eigenvalue weighted by Crippen LogP contribution is 2.49. The molecule has 0 bridgehead atoms. The molecule has 0 spiro atoms. The van der Waals surface area contributed by atoms with Gasteiger partial charge in [0, 0.05) is 0 Å². The maximum atomic E-state index is 6.44. The Labute approximate surface area is 118 Å². The first-order valence-electron chi connectivity index (χ1n) is 8.16. The summed E-state index contributed by atoms with van der Waals surface area (Å²) < 4.78 is 0. The molecular weight excluding hydrogens is 215 g/mol. The third-order valence-corrected chi connectivity index (χ3v) is 4.72. The van der Waals surface area contributed by atoms with Crippen molar-refractivity contribution in [1.82, 2.24) is 0 Å². The van der Waals surface area contributed by atoms with Crippen LogP contribution in [0, 0.1) is 5.41 Å². The van der Waals surface area contributed by atoms with E-state index in [-0.39, 0.29) is 5.31 Å². The predicted molar refractivity (Wildman–Crippen MR) is 85.4 cm³/mol. The van der Waals surface area contributed by atoms with Crippen molar-refractivity contribution in [3.8, 4) is 0 Å². The lowest BCUT2D eigenvalue weighted by molar-refractivity contribution is 0.182. The average molecular weight is 250 g/mol. The van der Waals surface area contributed by atoms with Crippen molar-refractivity contribution in [3.63, 3.8) is 0 Å². The standard InChI is InChI=1S/C17H35B/c1-6-8-10-12-14-17(5,16(3,4)18)15-13-11-9-7-2/h6-15H2,1-5H3. The van der Waals surface area contributed by atoms with Gasteiger partial charge in [0.05, 0.1) is 7.85 Å². The molecule has 106 valence electrons. The van der Waals surface area contributed by atoms with E-state index in [1.807, 2.05) is 0 Å². The molecular formula is C17H35B. The number of hydrogen-bond donors (Lipinski definition) is 0. The Morgan fingerprint density at radius 3 is 1.33 bits per heavy atom. The molecule has 2 radical (unpaired) electrons. The van der Waals surface area contributed by atoms with Crippen LogP contribution in [0.1, 0.15) is 98.8 Å². The first-order valence-corrected chi connectivity index (χ1v) is 8.16. The van der Waals surface area contributed by atoms with Gasteiger partial charge in [0.1, 0.15) is 0 Å². The second-order valence-corrected chi connectivity index (χ2v) is 6.90. The molecule has 18 heavy (non-hydrogen) atoms. The molecule has 1 heteroatoms. The van der Waals surface area contributed by atoms with E-state index in [4.69, 9.17) is 7.85 Å². The summed E-state index contributed by atoms with van der Waals surface area (Å²) in [5.41, 5.74) is 0.314. The molecule has 0 heterocycles. The topological polar surface area (TPSA) is 0 Å². The smallest absolute Gasteiger partial charge is 0.0674 e. The van der Waals surface area contributed by atoms with Gasteiger partial charge in [-0.3, -0.25) is 0 Å². The van der Waals surface area contributed by atoms with Gasteiger partial charge in [-0.1, -0.05) is 91.3 Å². The highest BCUT2D eigenvalue weighted by Gasteiger charge is 2.35. The molecule has 0 unspecified atom stereocenters. The normalized spacial score (nSPS) is 12.9. The second kappa shape index (κ2) is 9.05.